The summed E-state index contributed by atoms with van der Waals surface area (Å²) in [5.41, 5.74) is 0. The van der Waals surface area contributed by atoms with E-state index in [9.17, 15) is 4.79 Å². The van der Waals surface area contributed by atoms with Crippen LogP contribution in [0.15, 0.2) is 0 Å². The first-order valence-corrected chi connectivity index (χ1v) is 3.71. The van der Waals surface area contributed by atoms with Gasteiger partial charge in [0.25, 0.3) is 0 Å². The van der Waals surface area contributed by atoms with E-state index in [1.807, 2.05) is 6.92 Å². The van der Waals surface area contributed by atoms with Crippen LogP contribution < -0.4 is 0 Å². The van der Waals surface area contributed by atoms with Crippen LogP contribution >= 0.6 is 0 Å². The molecule has 0 spiro atoms. The average molecular weight is 144 g/mol. The van der Waals surface area contributed by atoms with E-state index in [1.165, 1.54) is 0 Å². The summed E-state index contributed by atoms with van der Waals surface area (Å²) in [5, 5.41) is 9.02. The van der Waals surface area contributed by atoms with Gasteiger partial charge in [0.1, 0.15) is 5.78 Å². The van der Waals surface area contributed by atoms with Crippen LogP contribution in [0.2, 0.25) is 0 Å². The van der Waals surface area contributed by atoms with Gasteiger partial charge in [0.05, 0.1) is 6.10 Å². The third-order valence-electron chi connectivity index (χ3n) is 1.78. The molecule has 0 bridgehead atoms. The zero-order chi connectivity index (χ0) is 8.15. The average Bonchev–Trinajstić information content (AvgIpc) is 1.82. The topological polar surface area (TPSA) is 37.3 Å². The zero-order valence-electron chi connectivity index (χ0n) is 6.92. The number of aliphatic hydroxyl groups is 1. The highest BCUT2D eigenvalue weighted by atomic mass is 16.3. The lowest BCUT2D eigenvalue weighted by Gasteiger charge is -2.12. The molecule has 2 heteroatoms. The fourth-order valence-electron chi connectivity index (χ4n) is 0.672. The lowest BCUT2D eigenvalue weighted by Crippen LogP contribution is -2.13. The number of ketones is 1. The molecule has 60 valence electrons. The Morgan fingerprint density at radius 2 is 2.00 bits per heavy atom. The number of carbonyl (C=O) groups is 1. The van der Waals surface area contributed by atoms with E-state index in [0.717, 1.165) is 6.42 Å². The molecule has 0 aromatic carbocycles. The van der Waals surface area contributed by atoms with Gasteiger partial charge in [-0.05, 0) is 26.2 Å². The summed E-state index contributed by atoms with van der Waals surface area (Å²) in [6, 6.07) is 0. The molecule has 2 atom stereocenters. The van der Waals surface area contributed by atoms with Crippen molar-refractivity contribution in [2.45, 2.75) is 39.7 Å². The Hall–Kier alpha value is -0.370. The van der Waals surface area contributed by atoms with Crippen molar-refractivity contribution in [3.05, 3.63) is 0 Å². The van der Waals surface area contributed by atoms with Crippen LogP contribution in [0.25, 0.3) is 0 Å². The Labute approximate surface area is 62.2 Å². The second-order valence-electron chi connectivity index (χ2n) is 2.96. The van der Waals surface area contributed by atoms with Crippen LogP contribution in [0.3, 0.4) is 0 Å². The van der Waals surface area contributed by atoms with Crippen molar-refractivity contribution in [2.75, 3.05) is 0 Å². The first-order chi connectivity index (χ1) is 4.54. The Balaban J connectivity index is 3.39. The summed E-state index contributed by atoms with van der Waals surface area (Å²) >= 11 is 0. The monoisotopic (exact) mass is 144 g/mol. The SMILES string of the molecule is CC(=O)CCC(C)C(C)O. The van der Waals surface area contributed by atoms with Crippen molar-refractivity contribution in [2.24, 2.45) is 5.92 Å². The van der Waals surface area contributed by atoms with Gasteiger partial charge < -0.3 is 9.90 Å². The molecule has 0 saturated carbocycles. The van der Waals surface area contributed by atoms with Crippen LogP contribution in [-0.4, -0.2) is 17.0 Å². The summed E-state index contributed by atoms with van der Waals surface area (Å²) in [5.74, 6) is 0.441. The highest BCUT2D eigenvalue weighted by Gasteiger charge is 2.08. The summed E-state index contributed by atoms with van der Waals surface area (Å²) in [7, 11) is 0. The molecular formula is C8H16O2. The highest BCUT2D eigenvalue weighted by molar-refractivity contribution is 5.75. The third kappa shape index (κ3) is 4.50. The van der Waals surface area contributed by atoms with Crippen LogP contribution in [0.1, 0.15) is 33.6 Å². The predicted octanol–water partition coefficient (Wildman–Crippen LogP) is 1.37. The highest BCUT2D eigenvalue weighted by Crippen LogP contribution is 2.09. The molecule has 0 amide bonds. The Kier molecular flexibility index (Phi) is 4.28. The summed E-state index contributed by atoms with van der Waals surface area (Å²) < 4.78 is 0. The number of aliphatic hydroxyl groups excluding tert-OH is 1. The quantitative estimate of drug-likeness (QED) is 0.647. The maximum Gasteiger partial charge on any atom is 0.129 e. The van der Waals surface area contributed by atoms with Gasteiger partial charge in [-0.15, -0.1) is 0 Å². The van der Waals surface area contributed by atoms with Gasteiger partial charge in [-0.3, -0.25) is 0 Å². The van der Waals surface area contributed by atoms with E-state index < -0.39 is 0 Å². The smallest absolute Gasteiger partial charge is 0.129 e. The molecule has 1 N–H and O–H groups in total. The molecule has 0 rings (SSSR count). The van der Waals surface area contributed by atoms with Gasteiger partial charge in [0, 0.05) is 6.42 Å². The first-order valence-electron chi connectivity index (χ1n) is 3.71. The van der Waals surface area contributed by atoms with Crippen LogP contribution in [-0.2, 0) is 4.79 Å². The minimum Gasteiger partial charge on any atom is -0.393 e. The number of Topliss-reactive ketones (excluding diaryl/α,β-unsaturated/α-hetero) is 1. The van der Waals surface area contributed by atoms with Gasteiger partial charge >= 0.3 is 0 Å². The van der Waals surface area contributed by atoms with Crippen molar-refractivity contribution in [1.29, 1.82) is 0 Å². The van der Waals surface area contributed by atoms with Crippen LogP contribution in [0, 0.1) is 5.92 Å². The Morgan fingerprint density at radius 3 is 2.30 bits per heavy atom. The molecule has 2 nitrogen and oxygen atoms in total. The summed E-state index contributed by atoms with van der Waals surface area (Å²) in [4.78, 5) is 10.5. The molecule has 10 heavy (non-hydrogen) atoms. The fraction of sp³-hybridized carbons (Fsp3) is 0.875. The maximum absolute atomic E-state index is 10.5. The predicted molar refractivity (Wildman–Crippen MR) is 40.8 cm³/mol. The molecule has 0 aromatic rings. The number of carbonyl (C=O) groups excluding carboxylic acids is 1. The van der Waals surface area contributed by atoms with E-state index >= 15 is 0 Å². The van der Waals surface area contributed by atoms with E-state index in [4.69, 9.17) is 5.11 Å². The van der Waals surface area contributed by atoms with E-state index in [-0.39, 0.29) is 17.8 Å². The number of rotatable bonds is 4. The molecule has 0 saturated heterocycles. The molecule has 0 radical (unpaired) electrons. The second kappa shape index (κ2) is 4.45. The molecule has 0 aliphatic carbocycles. The van der Waals surface area contributed by atoms with Gasteiger partial charge in [-0.1, -0.05) is 6.92 Å². The molecule has 0 heterocycles. The Bertz CT molecular complexity index is 108. The molecule has 0 aliphatic heterocycles. The van der Waals surface area contributed by atoms with Crippen molar-refractivity contribution in [3.63, 3.8) is 0 Å². The largest absolute Gasteiger partial charge is 0.393 e. The summed E-state index contributed by atoms with van der Waals surface area (Å²) in [6.07, 6.45) is 1.10. The lowest BCUT2D eigenvalue weighted by molar-refractivity contribution is -0.117. The lowest BCUT2D eigenvalue weighted by atomic mass is 9.99. The minimum atomic E-state index is -0.292. The molecule has 0 fully saturated rings. The van der Waals surface area contributed by atoms with Crippen LogP contribution in [0.4, 0.5) is 0 Å². The molecule has 0 aliphatic rings. The zero-order valence-corrected chi connectivity index (χ0v) is 6.92. The van der Waals surface area contributed by atoms with Crippen molar-refractivity contribution < 1.29 is 9.90 Å². The second-order valence-corrected chi connectivity index (χ2v) is 2.96. The van der Waals surface area contributed by atoms with Gasteiger partial charge in [0.2, 0.25) is 0 Å². The maximum atomic E-state index is 10.5. The third-order valence-corrected chi connectivity index (χ3v) is 1.78. The first kappa shape index (κ1) is 9.63. The van der Waals surface area contributed by atoms with E-state index in [2.05, 4.69) is 0 Å². The molecule has 0 aromatic heterocycles. The minimum absolute atomic E-state index is 0.201. The Morgan fingerprint density at radius 1 is 1.50 bits per heavy atom. The van der Waals surface area contributed by atoms with Crippen molar-refractivity contribution in [3.8, 4) is 0 Å². The van der Waals surface area contributed by atoms with Gasteiger partial charge in [-0.25, -0.2) is 0 Å². The molecule has 2 unspecified atom stereocenters. The fourth-order valence-corrected chi connectivity index (χ4v) is 0.672. The molecular weight excluding hydrogens is 128 g/mol. The van der Waals surface area contributed by atoms with Crippen molar-refractivity contribution >= 4 is 5.78 Å². The van der Waals surface area contributed by atoms with Crippen molar-refractivity contribution in [1.82, 2.24) is 0 Å². The van der Waals surface area contributed by atoms with Gasteiger partial charge in [-0.2, -0.15) is 0 Å². The standard InChI is InChI=1S/C8H16O2/c1-6(8(3)10)4-5-7(2)9/h6,8,10H,4-5H2,1-3H3. The number of hydrogen-bond donors (Lipinski definition) is 1. The van der Waals surface area contributed by atoms with Crippen LogP contribution in [0.5, 0.6) is 0 Å². The normalized spacial score (nSPS) is 16.4. The van der Waals surface area contributed by atoms with E-state index in [1.54, 1.807) is 13.8 Å². The van der Waals surface area contributed by atoms with Gasteiger partial charge in [0.15, 0.2) is 0 Å². The van der Waals surface area contributed by atoms with E-state index in [0.29, 0.717) is 6.42 Å². The summed E-state index contributed by atoms with van der Waals surface area (Å²) in [6.45, 7) is 5.28. The number of hydrogen-bond acceptors (Lipinski definition) is 2.